The molecular formula is C32H47N3O4. The van der Waals surface area contributed by atoms with Gasteiger partial charge in [0.05, 0.1) is 0 Å². The lowest BCUT2D eigenvalue weighted by Crippen LogP contribution is -2.54. The Labute approximate surface area is 234 Å². The molecule has 2 rings (SSSR count). The second-order valence-corrected chi connectivity index (χ2v) is 11.4. The molecule has 0 aliphatic rings. The molecule has 2 atom stereocenters. The van der Waals surface area contributed by atoms with E-state index in [4.69, 9.17) is 4.74 Å². The highest BCUT2D eigenvalue weighted by Crippen LogP contribution is 2.27. The van der Waals surface area contributed by atoms with Crippen molar-refractivity contribution in [2.75, 3.05) is 11.9 Å². The Bertz CT molecular complexity index is 1090. The summed E-state index contributed by atoms with van der Waals surface area (Å²) in [5.74, 6) is -0.823. The quantitative estimate of drug-likeness (QED) is 0.291. The highest BCUT2D eigenvalue weighted by molar-refractivity contribution is 5.99. The predicted molar refractivity (Wildman–Crippen MR) is 158 cm³/mol. The zero-order valence-electron chi connectivity index (χ0n) is 25.0. The van der Waals surface area contributed by atoms with Gasteiger partial charge in [0, 0.05) is 12.2 Å². The summed E-state index contributed by atoms with van der Waals surface area (Å²) in [6, 6.07) is 13.7. The lowest BCUT2D eigenvalue weighted by molar-refractivity contribution is -0.141. The zero-order valence-corrected chi connectivity index (χ0v) is 25.0. The third-order valence-corrected chi connectivity index (χ3v) is 6.56. The zero-order chi connectivity index (χ0) is 29.2. The minimum Gasteiger partial charge on any atom is -0.444 e. The van der Waals surface area contributed by atoms with Gasteiger partial charge in [-0.15, -0.1) is 0 Å². The van der Waals surface area contributed by atoms with Gasteiger partial charge in [-0.1, -0.05) is 83.0 Å². The van der Waals surface area contributed by atoms with Crippen LogP contribution in [0.1, 0.15) is 90.5 Å². The summed E-state index contributed by atoms with van der Waals surface area (Å²) in [5, 5.41) is 5.84. The summed E-state index contributed by atoms with van der Waals surface area (Å²) in [7, 11) is 0. The number of rotatable bonds is 12. The fraction of sp³-hybridized carbons (Fsp3) is 0.531. The molecule has 0 saturated carbocycles. The topological polar surface area (TPSA) is 87.7 Å². The molecule has 0 bridgehead atoms. The molecule has 0 aliphatic carbocycles. The lowest BCUT2D eigenvalue weighted by Gasteiger charge is -2.36. The van der Waals surface area contributed by atoms with Gasteiger partial charge in [0.25, 0.3) is 5.91 Å². The molecule has 7 nitrogen and oxygen atoms in total. The van der Waals surface area contributed by atoms with Gasteiger partial charge in [0.2, 0.25) is 5.91 Å². The number of anilines is 1. The highest BCUT2D eigenvalue weighted by atomic mass is 16.6. The van der Waals surface area contributed by atoms with Crippen LogP contribution in [0.3, 0.4) is 0 Å². The van der Waals surface area contributed by atoms with Gasteiger partial charge in [-0.2, -0.15) is 0 Å². The Hall–Kier alpha value is -3.35. The number of benzene rings is 2. The molecule has 0 fully saturated rings. The molecule has 2 aromatic carbocycles. The third kappa shape index (κ3) is 9.72. The predicted octanol–water partition coefficient (Wildman–Crippen LogP) is 6.81. The van der Waals surface area contributed by atoms with E-state index in [1.54, 1.807) is 25.7 Å². The van der Waals surface area contributed by atoms with E-state index >= 15 is 0 Å². The van der Waals surface area contributed by atoms with E-state index in [-0.39, 0.29) is 17.7 Å². The van der Waals surface area contributed by atoms with Crippen molar-refractivity contribution in [2.24, 2.45) is 5.92 Å². The summed E-state index contributed by atoms with van der Waals surface area (Å²) >= 11 is 0. The van der Waals surface area contributed by atoms with Gasteiger partial charge in [0.1, 0.15) is 17.7 Å². The number of hydrogen-bond donors (Lipinski definition) is 2. The first kappa shape index (κ1) is 31.9. The van der Waals surface area contributed by atoms with Crippen LogP contribution in [0.25, 0.3) is 0 Å². The maximum absolute atomic E-state index is 14.2. The molecule has 0 spiro atoms. The first-order valence-corrected chi connectivity index (χ1v) is 14.1. The molecule has 0 saturated heterocycles. The molecule has 0 radical (unpaired) electrons. The molecule has 7 heteroatoms. The third-order valence-electron chi connectivity index (χ3n) is 6.56. The van der Waals surface area contributed by atoms with Gasteiger partial charge in [-0.3, -0.25) is 9.59 Å². The summed E-state index contributed by atoms with van der Waals surface area (Å²) in [6.45, 7) is 15.6. The molecule has 0 aliphatic heterocycles. The molecular weight excluding hydrogens is 490 g/mol. The van der Waals surface area contributed by atoms with Crippen molar-refractivity contribution < 1.29 is 19.1 Å². The fourth-order valence-corrected chi connectivity index (χ4v) is 4.35. The number of carbonyl (C=O) groups excluding carboxylic acids is 3. The van der Waals surface area contributed by atoms with Crippen LogP contribution in [0.15, 0.2) is 48.5 Å². The van der Waals surface area contributed by atoms with Gasteiger partial charge >= 0.3 is 6.09 Å². The van der Waals surface area contributed by atoms with E-state index in [1.165, 1.54) is 0 Å². The van der Waals surface area contributed by atoms with Gasteiger partial charge in [-0.25, -0.2) is 4.79 Å². The second kappa shape index (κ2) is 14.7. The van der Waals surface area contributed by atoms with E-state index in [0.717, 1.165) is 42.4 Å². The maximum Gasteiger partial charge on any atom is 0.408 e. The normalized spacial score (nSPS) is 12.9. The average Bonchev–Trinajstić information content (AvgIpc) is 2.87. The Balaban J connectivity index is 2.54. The molecule has 3 amide bonds. The molecule has 2 unspecified atom stereocenters. The number of unbranched alkanes of at least 4 members (excludes halogenated alkanes) is 2. The minimum absolute atomic E-state index is 0.221. The van der Waals surface area contributed by atoms with E-state index in [1.807, 2.05) is 69.3 Å². The summed E-state index contributed by atoms with van der Waals surface area (Å²) in [4.78, 5) is 42.5. The number of hydrogen-bond acceptors (Lipinski definition) is 4. The standard InChI is InChI=1S/C32H47N3O4/c1-9-11-14-21-35(30(37)27(22(3)4)34-31(38)39-32(6,7)8)28(25-19-17-24(10-2)18-20-25)29(36)33-26-16-13-12-15-23(26)5/h12-13,15-20,22,27-28H,9-11,14,21H2,1-8H3,(H,33,36)(H,34,38). The van der Waals surface area contributed by atoms with Crippen molar-refractivity contribution in [3.63, 3.8) is 0 Å². The minimum atomic E-state index is -0.874. The Morgan fingerprint density at radius 2 is 1.59 bits per heavy atom. The van der Waals surface area contributed by atoms with Crippen molar-refractivity contribution in [3.8, 4) is 0 Å². The number of nitrogens with one attached hydrogen (secondary N) is 2. The lowest BCUT2D eigenvalue weighted by atomic mass is 9.97. The molecule has 2 aromatic rings. The van der Waals surface area contributed by atoms with Crippen LogP contribution in [0.5, 0.6) is 0 Å². The SMILES string of the molecule is CCCCCN(C(=O)C(NC(=O)OC(C)(C)C)C(C)C)C(C(=O)Nc1ccccc1C)c1ccc(CC)cc1. The van der Waals surface area contributed by atoms with E-state index < -0.39 is 23.8 Å². The molecule has 0 heterocycles. The number of amides is 3. The summed E-state index contributed by atoms with van der Waals surface area (Å²) in [5.41, 5.74) is 2.80. The molecule has 2 N–H and O–H groups in total. The molecule has 0 aromatic heterocycles. The van der Waals surface area contributed by atoms with Crippen LogP contribution in [-0.2, 0) is 20.7 Å². The van der Waals surface area contributed by atoms with Gasteiger partial charge in [-0.05, 0) is 69.2 Å². The Kier molecular flexibility index (Phi) is 12.0. The number of para-hydroxylation sites is 1. The van der Waals surface area contributed by atoms with Crippen molar-refractivity contribution in [1.82, 2.24) is 10.2 Å². The van der Waals surface area contributed by atoms with Crippen LogP contribution < -0.4 is 10.6 Å². The van der Waals surface area contributed by atoms with E-state index in [2.05, 4.69) is 24.5 Å². The van der Waals surface area contributed by atoms with Crippen LogP contribution in [0, 0.1) is 12.8 Å². The average molecular weight is 538 g/mol. The maximum atomic E-state index is 14.2. The summed E-state index contributed by atoms with van der Waals surface area (Å²) in [6.07, 6.45) is 2.83. The Morgan fingerprint density at radius 1 is 0.949 bits per heavy atom. The van der Waals surface area contributed by atoms with E-state index in [0.29, 0.717) is 12.2 Å². The molecule has 214 valence electrons. The van der Waals surface area contributed by atoms with Crippen LogP contribution in [0.4, 0.5) is 10.5 Å². The monoisotopic (exact) mass is 537 g/mol. The van der Waals surface area contributed by atoms with E-state index in [9.17, 15) is 14.4 Å². The van der Waals surface area contributed by atoms with Crippen molar-refractivity contribution in [3.05, 3.63) is 65.2 Å². The Morgan fingerprint density at radius 3 is 2.13 bits per heavy atom. The first-order chi connectivity index (χ1) is 18.4. The van der Waals surface area contributed by atoms with Gasteiger partial charge in [0.15, 0.2) is 0 Å². The fourth-order valence-electron chi connectivity index (χ4n) is 4.35. The van der Waals surface area contributed by atoms with Crippen molar-refractivity contribution in [1.29, 1.82) is 0 Å². The highest BCUT2D eigenvalue weighted by Gasteiger charge is 2.37. The van der Waals surface area contributed by atoms with Crippen molar-refractivity contribution in [2.45, 2.75) is 98.8 Å². The van der Waals surface area contributed by atoms with Crippen LogP contribution >= 0.6 is 0 Å². The number of aryl methyl sites for hydroxylation is 2. The van der Waals surface area contributed by atoms with Crippen LogP contribution in [-0.4, -0.2) is 41.0 Å². The number of carbonyl (C=O) groups is 3. The number of nitrogens with zero attached hydrogens (tertiary/aromatic N) is 1. The molecule has 39 heavy (non-hydrogen) atoms. The first-order valence-electron chi connectivity index (χ1n) is 14.1. The number of ether oxygens (including phenoxy) is 1. The van der Waals surface area contributed by atoms with Crippen LogP contribution in [0.2, 0.25) is 0 Å². The number of alkyl carbamates (subject to hydrolysis) is 1. The van der Waals surface area contributed by atoms with Gasteiger partial charge < -0.3 is 20.3 Å². The second-order valence-electron chi connectivity index (χ2n) is 11.4. The van der Waals surface area contributed by atoms with Crippen molar-refractivity contribution >= 4 is 23.6 Å². The summed E-state index contributed by atoms with van der Waals surface area (Å²) < 4.78 is 5.46. The largest absolute Gasteiger partial charge is 0.444 e. The smallest absolute Gasteiger partial charge is 0.408 e.